The molecule has 0 radical (unpaired) electrons. The molecule has 5 nitrogen and oxygen atoms in total. The van der Waals surface area contributed by atoms with Crippen molar-refractivity contribution >= 4 is 34.9 Å². The maximum Gasteiger partial charge on any atom is 0.335 e. The molecule has 0 atom stereocenters. The highest BCUT2D eigenvalue weighted by Crippen LogP contribution is 2.32. The topological polar surface area (TPSA) is 62.5 Å². The van der Waals surface area contributed by atoms with Gasteiger partial charge >= 0.3 is 5.97 Å². The average Bonchev–Trinajstić information content (AvgIpc) is 3.16. The van der Waals surface area contributed by atoms with Crippen LogP contribution in [0.4, 0.5) is 5.69 Å². The first kappa shape index (κ1) is 21.5. The summed E-state index contributed by atoms with van der Waals surface area (Å²) in [7, 11) is 0. The maximum atomic E-state index is 12.9. The van der Waals surface area contributed by atoms with Crippen molar-refractivity contribution in [2.45, 2.75) is 32.9 Å². The molecule has 0 saturated carbocycles. The zero-order valence-electron chi connectivity index (χ0n) is 17.1. The SMILES string of the molecule is Cc1cccc2c1CCN2Cc1c(Cl)cc(Cl)c(=O)n1CCc1ccc(C(=O)O)cc1. The number of aryl methyl sites for hydroxylation is 2. The third-order valence-electron chi connectivity index (χ3n) is 5.83. The molecule has 0 unspecified atom stereocenters. The van der Waals surface area contributed by atoms with Crippen molar-refractivity contribution in [1.29, 1.82) is 0 Å². The molecule has 2 aromatic carbocycles. The maximum absolute atomic E-state index is 12.9. The van der Waals surface area contributed by atoms with Gasteiger partial charge < -0.3 is 14.6 Å². The molecule has 2 heterocycles. The van der Waals surface area contributed by atoms with E-state index in [1.807, 2.05) is 6.07 Å². The Hall–Kier alpha value is -2.76. The van der Waals surface area contributed by atoms with E-state index < -0.39 is 5.97 Å². The number of pyridine rings is 1. The summed E-state index contributed by atoms with van der Waals surface area (Å²) in [5, 5.41) is 9.62. The molecule has 3 aromatic rings. The van der Waals surface area contributed by atoms with Crippen molar-refractivity contribution in [2.75, 3.05) is 11.4 Å². The summed E-state index contributed by atoms with van der Waals surface area (Å²) in [5.74, 6) is -0.965. The van der Waals surface area contributed by atoms with Crippen molar-refractivity contribution in [1.82, 2.24) is 4.57 Å². The van der Waals surface area contributed by atoms with Gasteiger partial charge in [0.1, 0.15) is 5.02 Å². The lowest BCUT2D eigenvalue weighted by molar-refractivity contribution is 0.0697. The van der Waals surface area contributed by atoms with Crippen molar-refractivity contribution in [3.8, 4) is 0 Å². The predicted octanol–water partition coefficient (Wildman–Crippen LogP) is 4.97. The molecule has 0 amide bonds. The number of carboxylic acids is 1. The van der Waals surface area contributed by atoms with Gasteiger partial charge in [-0.2, -0.15) is 0 Å². The summed E-state index contributed by atoms with van der Waals surface area (Å²) in [5.41, 5.74) is 5.40. The van der Waals surface area contributed by atoms with Gasteiger partial charge in [-0.15, -0.1) is 0 Å². The van der Waals surface area contributed by atoms with Crippen LogP contribution in [0.25, 0.3) is 0 Å². The van der Waals surface area contributed by atoms with Crippen LogP contribution >= 0.6 is 23.2 Å². The minimum Gasteiger partial charge on any atom is -0.478 e. The van der Waals surface area contributed by atoms with Crippen molar-refractivity contribution in [3.63, 3.8) is 0 Å². The fourth-order valence-electron chi connectivity index (χ4n) is 4.11. The number of aromatic nitrogens is 1. The number of aromatic carboxylic acids is 1. The number of hydrogen-bond acceptors (Lipinski definition) is 3. The molecular weight excluding hydrogens is 435 g/mol. The zero-order valence-corrected chi connectivity index (χ0v) is 18.6. The molecule has 1 aromatic heterocycles. The van der Waals surface area contributed by atoms with Crippen molar-refractivity contribution in [3.05, 3.63) is 96.9 Å². The van der Waals surface area contributed by atoms with E-state index in [2.05, 4.69) is 24.0 Å². The van der Waals surface area contributed by atoms with Crippen LogP contribution in [0.1, 0.15) is 32.7 Å². The predicted molar refractivity (Wildman–Crippen MR) is 124 cm³/mol. The summed E-state index contributed by atoms with van der Waals surface area (Å²) >= 11 is 12.7. The second kappa shape index (κ2) is 8.77. The van der Waals surface area contributed by atoms with E-state index in [9.17, 15) is 9.59 Å². The Bertz CT molecular complexity index is 1200. The first-order valence-corrected chi connectivity index (χ1v) is 10.8. The monoisotopic (exact) mass is 456 g/mol. The quantitative estimate of drug-likeness (QED) is 0.568. The van der Waals surface area contributed by atoms with Crippen LogP contribution < -0.4 is 10.5 Å². The van der Waals surface area contributed by atoms with Gasteiger partial charge in [-0.25, -0.2) is 4.79 Å². The van der Waals surface area contributed by atoms with Crippen LogP contribution in [0.15, 0.2) is 53.3 Å². The second-order valence-electron chi connectivity index (χ2n) is 7.74. The summed E-state index contributed by atoms with van der Waals surface area (Å²) in [6.45, 7) is 3.89. The molecule has 0 fully saturated rings. The molecule has 0 aliphatic carbocycles. The van der Waals surface area contributed by atoms with Gasteiger partial charge in [0.05, 0.1) is 22.8 Å². The number of anilines is 1. The van der Waals surface area contributed by atoms with E-state index in [0.717, 1.165) is 24.2 Å². The summed E-state index contributed by atoms with van der Waals surface area (Å²) in [6, 6.07) is 14.4. The smallest absolute Gasteiger partial charge is 0.335 e. The minimum atomic E-state index is -0.965. The Morgan fingerprint density at radius 1 is 1.10 bits per heavy atom. The van der Waals surface area contributed by atoms with E-state index in [-0.39, 0.29) is 16.1 Å². The van der Waals surface area contributed by atoms with Crippen molar-refractivity contribution in [2.24, 2.45) is 0 Å². The standard InChI is InChI=1S/C24H22Cl2N2O3/c1-15-3-2-4-21-18(15)10-11-27(21)14-22-19(25)13-20(26)23(29)28(22)12-9-16-5-7-17(8-6-16)24(30)31/h2-8,13H,9-12,14H2,1H3,(H,30,31). The fraction of sp³-hybridized carbons (Fsp3) is 0.250. The van der Waals surface area contributed by atoms with E-state index in [0.29, 0.717) is 24.5 Å². The molecule has 31 heavy (non-hydrogen) atoms. The Balaban J connectivity index is 1.62. The van der Waals surface area contributed by atoms with Gasteiger partial charge in [0.2, 0.25) is 0 Å². The zero-order chi connectivity index (χ0) is 22.1. The first-order valence-electron chi connectivity index (χ1n) is 10.1. The normalized spacial score (nSPS) is 12.8. The molecule has 0 saturated heterocycles. The Morgan fingerprint density at radius 3 is 2.55 bits per heavy atom. The molecule has 160 valence electrons. The fourth-order valence-corrected chi connectivity index (χ4v) is 4.65. The molecule has 1 N–H and O–H groups in total. The molecule has 7 heteroatoms. The average molecular weight is 457 g/mol. The van der Waals surface area contributed by atoms with Gasteiger partial charge in [0.25, 0.3) is 5.56 Å². The number of carboxylic acid groups (broad SMARTS) is 1. The number of benzene rings is 2. The lowest BCUT2D eigenvalue weighted by atomic mass is 10.1. The molecule has 0 spiro atoms. The van der Waals surface area contributed by atoms with Gasteiger partial charge in [-0.3, -0.25) is 4.79 Å². The largest absolute Gasteiger partial charge is 0.478 e. The van der Waals surface area contributed by atoms with E-state index in [1.54, 1.807) is 28.8 Å². The third-order valence-corrected chi connectivity index (χ3v) is 6.43. The van der Waals surface area contributed by atoms with Crippen LogP contribution in [0.5, 0.6) is 0 Å². The lowest BCUT2D eigenvalue weighted by Crippen LogP contribution is -2.30. The first-order chi connectivity index (χ1) is 14.8. The Kier molecular flexibility index (Phi) is 6.08. The Labute approximate surface area is 190 Å². The van der Waals surface area contributed by atoms with Crippen molar-refractivity contribution < 1.29 is 9.90 Å². The van der Waals surface area contributed by atoms with Gasteiger partial charge in [0.15, 0.2) is 0 Å². The molecule has 1 aliphatic rings. The summed E-state index contributed by atoms with van der Waals surface area (Å²) in [6.07, 6.45) is 1.52. The van der Waals surface area contributed by atoms with Gasteiger partial charge in [-0.1, -0.05) is 47.5 Å². The molecular formula is C24H22Cl2N2O3. The van der Waals surface area contributed by atoms with Crippen LogP contribution in [-0.4, -0.2) is 22.2 Å². The van der Waals surface area contributed by atoms with Crippen LogP contribution in [0.2, 0.25) is 10.0 Å². The summed E-state index contributed by atoms with van der Waals surface area (Å²) in [4.78, 5) is 26.2. The number of halogens is 2. The number of hydrogen-bond donors (Lipinski definition) is 1. The lowest BCUT2D eigenvalue weighted by Gasteiger charge is -2.23. The number of fused-ring (bicyclic) bond motifs is 1. The second-order valence-corrected chi connectivity index (χ2v) is 8.55. The van der Waals surface area contributed by atoms with E-state index >= 15 is 0 Å². The highest BCUT2D eigenvalue weighted by Gasteiger charge is 2.23. The number of nitrogens with zero attached hydrogens (tertiary/aromatic N) is 2. The van der Waals surface area contributed by atoms with Crippen LogP contribution in [0.3, 0.4) is 0 Å². The minimum absolute atomic E-state index is 0.0904. The summed E-state index contributed by atoms with van der Waals surface area (Å²) < 4.78 is 1.64. The number of rotatable bonds is 6. The van der Waals surface area contributed by atoms with Crippen LogP contribution in [0, 0.1) is 6.92 Å². The third kappa shape index (κ3) is 4.34. The van der Waals surface area contributed by atoms with Gasteiger partial charge in [0, 0.05) is 18.8 Å². The highest BCUT2D eigenvalue weighted by atomic mass is 35.5. The van der Waals surface area contributed by atoms with E-state index in [1.165, 1.54) is 22.9 Å². The Morgan fingerprint density at radius 2 is 1.84 bits per heavy atom. The highest BCUT2D eigenvalue weighted by molar-refractivity contribution is 6.34. The molecule has 1 aliphatic heterocycles. The molecule has 4 rings (SSSR count). The number of carbonyl (C=O) groups is 1. The van der Waals surface area contributed by atoms with Crippen LogP contribution in [-0.2, 0) is 25.9 Å². The van der Waals surface area contributed by atoms with Gasteiger partial charge in [-0.05, 0) is 60.7 Å². The van der Waals surface area contributed by atoms with E-state index in [4.69, 9.17) is 28.3 Å². The molecule has 0 bridgehead atoms.